The van der Waals surface area contributed by atoms with E-state index in [1.54, 1.807) is 0 Å². The predicted octanol–water partition coefficient (Wildman–Crippen LogP) is 17.9. The summed E-state index contributed by atoms with van der Waals surface area (Å²) in [5.41, 5.74) is 24.8. The molecule has 0 spiro atoms. The number of anilines is 6. The Morgan fingerprint density at radius 2 is 1.01 bits per heavy atom. The maximum absolute atomic E-state index is 2.78. The van der Waals surface area contributed by atoms with E-state index in [9.17, 15) is 0 Å². The molecule has 2 aliphatic carbocycles. The van der Waals surface area contributed by atoms with Gasteiger partial charge in [-0.15, -0.1) is 11.3 Å². The van der Waals surface area contributed by atoms with Gasteiger partial charge in [0.15, 0.2) is 0 Å². The smallest absolute Gasteiger partial charge is 0.264 e. The molecule has 1 atom stereocenters. The lowest BCUT2D eigenvalue weighted by Crippen LogP contribution is -2.61. The first kappa shape index (κ1) is 48.9. The van der Waals surface area contributed by atoms with Gasteiger partial charge in [-0.3, -0.25) is 0 Å². The Bertz CT molecular complexity index is 3320. The highest BCUT2D eigenvalue weighted by atomic mass is 127. The average Bonchev–Trinajstić information content (AvgIpc) is 3.66. The number of aryl methyl sites for hydroxylation is 1. The van der Waals surface area contributed by atoms with Gasteiger partial charge in [0.1, 0.15) is 0 Å². The monoisotopic (exact) mass is 1070 g/mol. The van der Waals surface area contributed by atoms with Crippen molar-refractivity contribution >= 4 is 101 Å². The summed E-state index contributed by atoms with van der Waals surface area (Å²) in [6.45, 7) is 40.8. The molecule has 5 heteroatoms. The van der Waals surface area contributed by atoms with Gasteiger partial charge in [-0.05, 0) is 188 Å². The van der Waals surface area contributed by atoms with Crippen molar-refractivity contribution in [2.75, 3.05) is 9.80 Å². The Morgan fingerprint density at radius 1 is 0.507 bits per heavy atom. The third-order valence-electron chi connectivity index (χ3n) is 17.6. The van der Waals surface area contributed by atoms with Gasteiger partial charge in [-0.1, -0.05) is 175 Å². The number of rotatable bonds is 3. The molecule has 6 aromatic carbocycles. The van der Waals surface area contributed by atoms with Gasteiger partial charge in [0, 0.05) is 46.6 Å². The Balaban J connectivity index is 1.28. The fraction of sp³-hybridized carbons (Fsp3) is 0.424. The standard InChI is InChI=1S/C66H76BIN2S/c1-39-32-54-57-55(33-39)70(52-27-24-43(62(8,9)10)34-45(52)40-18-20-41(21-19-40)60(2,3)4)53-37-48-47(63(11,12)28-29-64(48,13)14)36-51(53)67(57)59-58(69(54)44-25-22-42(23-26-44)61(5,6)7)46-35-50-49(38-56(46)71-59)65(15,16)30-31-66(50,17)68/h18-27,32-38H,28-31H2,1-17H3. The van der Waals surface area contributed by atoms with Crippen molar-refractivity contribution in [2.24, 2.45) is 0 Å². The highest BCUT2D eigenvalue weighted by Gasteiger charge is 2.49. The Labute approximate surface area is 445 Å². The molecule has 4 aliphatic rings. The minimum atomic E-state index is -0.0233. The first-order valence-electron chi connectivity index (χ1n) is 26.6. The third-order valence-corrected chi connectivity index (χ3v) is 19.9. The molecule has 366 valence electrons. The van der Waals surface area contributed by atoms with Crippen LogP contribution >= 0.6 is 33.9 Å². The Kier molecular flexibility index (Phi) is 10.9. The lowest BCUT2D eigenvalue weighted by molar-refractivity contribution is 0.332. The van der Waals surface area contributed by atoms with E-state index in [1.165, 1.54) is 141 Å². The van der Waals surface area contributed by atoms with Crippen LogP contribution in [0.1, 0.15) is 181 Å². The number of hydrogen-bond acceptors (Lipinski definition) is 3. The maximum atomic E-state index is 2.78. The molecular formula is C66H76BIN2S. The molecule has 1 unspecified atom stereocenters. The second-order valence-electron chi connectivity index (χ2n) is 27.4. The molecule has 11 rings (SSSR count). The summed E-state index contributed by atoms with van der Waals surface area (Å²) in [4.78, 5) is 5.41. The molecular weight excluding hydrogens is 991 g/mol. The Hall–Kier alpha value is -4.33. The first-order valence-corrected chi connectivity index (χ1v) is 28.5. The molecule has 0 N–H and O–H groups in total. The minimum absolute atomic E-state index is 0.0233. The molecule has 0 radical (unpaired) electrons. The Morgan fingerprint density at radius 3 is 1.59 bits per heavy atom. The van der Waals surface area contributed by atoms with E-state index in [-0.39, 0.29) is 42.6 Å². The number of fused-ring (bicyclic) bond motifs is 8. The van der Waals surface area contributed by atoms with E-state index >= 15 is 0 Å². The molecule has 0 saturated carbocycles. The second-order valence-corrected chi connectivity index (χ2v) is 30.9. The van der Waals surface area contributed by atoms with Gasteiger partial charge in [0.2, 0.25) is 0 Å². The molecule has 3 heterocycles. The molecule has 1 aromatic heterocycles. The fourth-order valence-corrected chi connectivity index (χ4v) is 14.8. The predicted molar refractivity (Wildman–Crippen MR) is 321 cm³/mol. The molecule has 7 aromatic rings. The van der Waals surface area contributed by atoms with E-state index in [2.05, 4.69) is 265 Å². The molecule has 0 fully saturated rings. The number of thiophene rings is 1. The summed E-state index contributed by atoms with van der Waals surface area (Å²) in [5.74, 6) is 0. The SMILES string of the molecule is Cc1cc2c3c(c1)N(c1ccc(C(C)(C)C)cc1)c1c(sc4cc5c(cc14)C(C)(I)CCC5(C)C)B3c1cc3c(cc1N2c1ccc(C(C)(C)C)cc1-c1ccc(C(C)(C)C)cc1)C(C)(C)CCC3(C)C. The van der Waals surface area contributed by atoms with Gasteiger partial charge >= 0.3 is 0 Å². The van der Waals surface area contributed by atoms with E-state index in [0.29, 0.717) is 0 Å². The lowest BCUT2D eigenvalue weighted by Gasteiger charge is -2.47. The largest absolute Gasteiger partial charge is 0.311 e. The van der Waals surface area contributed by atoms with Crippen LogP contribution in [0.25, 0.3) is 21.2 Å². The first-order chi connectivity index (χ1) is 33.0. The minimum Gasteiger partial charge on any atom is -0.311 e. The second kappa shape index (κ2) is 15.8. The zero-order chi connectivity index (χ0) is 50.9. The molecule has 0 saturated heterocycles. The summed E-state index contributed by atoms with van der Waals surface area (Å²) in [6, 6.07) is 42.2. The van der Waals surface area contributed by atoms with Crippen LogP contribution in [0.15, 0.2) is 103 Å². The van der Waals surface area contributed by atoms with Crippen molar-refractivity contribution < 1.29 is 0 Å². The van der Waals surface area contributed by atoms with Crippen LogP contribution in [-0.4, -0.2) is 6.71 Å². The van der Waals surface area contributed by atoms with Crippen LogP contribution in [0.4, 0.5) is 34.1 Å². The van der Waals surface area contributed by atoms with Crippen LogP contribution < -0.4 is 25.5 Å². The normalized spacial score (nSPS) is 19.8. The van der Waals surface area contributed by atoms with Gasteiger partial charge in [-0.2, -0.15) is 0 Å². The average molecular weight is 1070 g/mol. The summed E-state index contributed by atoms with van der Waals surface area (Å²) >= 11 is 4.84. The highest BCUT2D eigenvalue weighted by molar-refractivity contribution is 14.1. The van der Waals surface area contributed by atoms with Crippen molar-refractivity contribution in [3.63, 3.8) is 0 Å². The van der Waals surface area contributed by atoms with Crippen molar-refractivity contribution in [3.05, 3.63) is 148 Å². The topological polar surface area (TPSA) is 6.48 Å². The maximum Gasteiger partial charge on any atom is 0.264 e. The van der Waals surface area contributed by atoms with E-state index in [1.807, 2.05) is 0 Å². The van der Waals surface area contributed by atoms with Gasteiger partial charge < -0.3 is 9.80 Å². The van der Waals surface area contributed by atoms with E-state index < -0.39 is 0 Å². The van der Waals surface area contributed by atoms with Crippen LogP contribution in [0.5, 0.6) is 0 Å². The molecule has 71 heavy (non-hydrogen) atoms. The van der Waals surface area contributed by atoms with Crippen molar-refractivity contribution in [2.45, 2.75) is 179 Å². The van der Waals surface area contributed by atoms with Crippen molar-refractivity contribution in [1.82, 2.24) is 0 Å². The summed E-state index contributed by atoms with van der Waals surface area (Å²) in [6.07, 6.45) is 4.71. The number of nitrogens with zero attached hydrogens (tertiary/aromatic N) is 2. The van der Waals surface area contributed by atoms with Gasteiger partial charge in [0.25, 0.3) is 6.71 Å². The zero-order valence-corrected chi connectivity index (χ0v) is 48.9. The van der Waals surface area contributed by atoms with Crippen molar-refractivity contribution in [1.29, 1.82) is 0 Å². The quantitative estimate of drug-likeness (QED) is 0.0988. The summed E-state index contributed by atoms with van der Waals surface area (Å²) in [7, 11) is 0. The number of alkyl halides is 1. The number of halogens is 1. The third kappa shape index (κ3) is 7.81. The van der Waals surface area contributed by atoms with Crippen LogP contribution in [0.3, 0.4) is 0 Å². The van der Waals surface area contributed by atoms with Gasteiger partial charge in [-0.25, -0.2) is 0 Å². The lowest BCUT2D eigenvalue weighted by atomic mass is 9.35. The molecule has 0 amide bonds. The van der Waals surface area contributed by atoms with E-state index in [4.69, 9.17) is 0 Å². The summed E-state index contributed by atoms with van der Waals surface area (Å²) < 4.78 is 2.92. The highest BCUT2D eigenvalue weighted by Crippen LogP contribution is 2.56. The molecule has 2 aliphatic heterocycles. The molecule has 0 bridgehead atoms. The number of hydrogen-bond donors (Lipinski definition) is 0. The van der Waals surface area contributed by atoms with Crippen LogP contribution in [0, 0.1) is 6.92 Å². The van der Waals surface area contributed by atoms with E-state index in [0.717, 1.165) is 0 Å². The van der Waals surface area contributed by atoms with Crippen molar-refractivity contribution in [3.8, 4) is 11.1 Å². The molecule has 2 nitrogen and oxygen atoms in total. The van der Waals surface area contributed by atoms with Crippen LogP contribution in [0.2, 0.25) is 0 Å². The summed E-state index contributed by atoms with van der Waals surface area (Å²) in [5, 5.41) is 1.39. The zero-order valence-electron chi connectivity index (χ0n) is 45.9. The fourth-order valence-electron chi connectivity index (χ4n) is 12.7. The van der Waals surface area contributed by atoms with Gasteiger partial charge in [0.05, 0.1) is 11.4 Å². The number of benzene rings is 6. The van der Waals surface area contributed by atoms with Crippen LogP contribution in [-0.2, 0) is 35.9 Å².